The van der Waals surface area contributed by atoms with Crippen molar-refractivity contribution in [3.05, 3.63) is 149 Å². The second kappa shape index (κ2) is 39.9. The summed E-state index contributed by atoms with van der Waals surface area (Å²) in [7, 11) is 11.6. The standard InChI is InChI=1S/C22H26FN7O5.C22H25FN6O6.C17H18FN7O3.C16H19ClFN5O3.C6H7NO3/c1-22(2,3)35-21(33)29(5)16-9-15(26-13-6-7-34-17(13)20(32)24-4)28-18-11(10-25-30(16)18)19(31)27-14-8-12(14)23;1-22(2,3)35-21(32)28(4)16-9-15(25-13-6-7-34-17(13)20(31)33-5)27-18-11(10-24-29(16)18)19(30)26-14-8-12(14)23;1-19-13-6-12(22-10-3-4-28-14(10)17(27)20-2)24-15-8(7-21-25(13)15)16(26)23-11-5-9(11)18;1-16(2,3)26-15(25)22(4)12-6-11(17)21-13-8(7-19-23(12)13)14(24)20-10-5-9(10)18;1-9-6(8)5-4(7)2-3-10-5/h6-7,9-10,12,14H,8H2,1-5H3,(H,24,32)(H,26,28)(H,27,31);6-7,9-10,12,14H,8H2,1-5H3,(H,25,27)(H,26,30);3-4,6-7,9,11,19H,5H2,1-2H3,(H,20,27)(H,22,24)(H,23,26);6-7,9-10H,5H2,1-4H3,(H,20,24);2-3H,7H2,1H3/t2*12-,14+;9-,11+;9-,10+;/m0000./s1. The number of carbonyl (C=O) groups excluding carboxylic acids is 11. The molecule has 134 heavy (non-hydrogen) atoms. The van der Waals surface area contributed by atoms with Gasteiger partial charge in [0.1, 0.15) is 110 Å². The van der Waals surface area contributed by atoms with Gasteiger partial charge in [0.05, 0.1) is 111 Å². The molecule has 9 amide bonds. The van der Waals surface area contributed by atoms with Crippen molar-refractivity contribution in [3.8, 4) is 0 Å². The van der Waals surface area contributed by atoms with Gasteiger partial charge in [-0.05, 0) is 62.3 Å². The van der Waals surface area contributed by atoms with Crippen molar-refractivity contribution in [2.75, 3.05) is 98.2 Å². The third-order valence-electron chi connectivity index (χ3n) is 19.3. The van der Waals surface area contributed by atoms with Gasteiger partial charge in [0.15, 0.2) is 22.6 Å². The number of nitrogens with two attached hydrogens (primary N) is 1. The van der Waals surface area contributed by atoms with Crippen LogP contribution in [0, 0.1) is 0 Å². The van der Waals surface area contributed by atoms with Crippen molar-refractivity contribution in [3.63, 3.8) is 0 Å². The molecule has 712 valence electrons. The summed E-state index contributed by atoms with van der Waals surface area (Å²) < 4.78 is 104. The van der Waals surface area contributed by atoms with Gasteiger partial charge < -0.3 is 100 Å². The summed E-state index contributed by atoms with van der Waals surface area (Å²) in [6, 6.07) is 10.1. The molecule has 0 radical (unpaired) electrons. The molecule has 12 aromatic heterocycles. The van der Waals surface area contributed by atoms with Crippen LogP contribution in [0.3, 0.4) is 0 Å². The highest BCUT2D eigenvalue weighted by Gasteiger charge is 2.43. The number of alkyl halides is 4. The van der Waals surface area contributed by atoms with Crippen molar-refractivity contribution in [1.29, 1.82) is 0 Å². The van der Waals surface area contributed by atoms with Crippen molar-refractivity contribution in [2.45, 2.75) is 154 Å². The number of halogens is 5. The third-order valence-corrected chi connectivity index (χ3v) is 19.5. The Morgan fingerprint density at radius 3 is 1.01 bits per heavy atom. The van der Waals surface area contributed by atoms with Crippen LogP contribution in [0.2, 0.25) is 5.15 Å². The Morgan fingerprint density at radius 2 is 0.701 bits per heavy atom. The number of aromatic nitrogens is 12. The van der Waals surface area contributed by atoms with E-state index in [1.54, 1.807) is 81.5 Å². The Morgan fingerprint density at radius 1 is 0.418 bits per heavy atom. The summed E-state index contributed by atoms with van der Waals surface area (Å²) in [5.41, 5.74) is 5.61. The molecule has 0 saturated heterocycles. The van der Waals surface area contributed by atoms with Crippen LogP contribution < -0.4 is 73.6 Å². The van der Waals surface area contributed by atoms with E-state index in [-0.39, 0.29) is 121 Å². The fraction of sp³-hybridized carbons (Fsp3) is 0.386. The lowest BCUT2D eigenvalue weighted by atomic mass is 10.2. The topological polar surface area (TPSA) is 563 Å². The highest BCUT2D eigenvalue weighted by atomic mass is 35.5. The third kappa shape index (κ3) is 23.3. The summed E-state index contributed by atoms with van der Waals surface area (Å²) in [6.45, 7) is 15.6. The Balaban J connectivity index is 0.000000156. The van der Waals surface area contributed by atoms with Crippen LogP contribution in [0.1, 0.15) is 172 Å². The molecule has 8 atom stereocenters. The van der Waals surface area contributed by atoms with E-state index in [4.69, 9.17) is 54.0 Å². The van der Waals surface area contributed by atoms with E-state index in [9.17, 15) is 70.3 Å². The maximum absolute atomic E-state index is 13.3. The van der Waals surface area contributed by atoms with E-state index >= 15 is 0 Å². The van der Waals surface area contributed by atoms with E-state index in [2.05, 4.69) is 98.2 Å². The first-order valence-corrected chi connectivity index (χ1v) is 41.2. The molecule has 16 rings (SSSR count). The maximum atomic E-state index is 13.3. The predicted octanol–water partition coefficient (Wildman–Crippen LogP) is 10.3. The number of esters is 2. The largest absolute Gasteiger partial charge is 0.463 e. The first-order valence-electron chi connectivity index (χ1n) is 40.9. The monoisotopic (exact) mass is 1890 g/mol. The number of anilines is 11. The molecule has 4 aliphatic rings. The minimum Gasteiger partial charge on any atom is -0.463 e. The second-order valence-electron chi connectivity index (χ2n) is 33.0. The highest BCUT2D eigenvalue weighted by Crippen LogP contribution is 2.36. The Kier molecular flexibility index (Phi) is 28.9. The number of hydrogen-bond acceptors (Lipinski definition) is 33. The van der Waals surface area contributed by atoms with E-state index in [0.29, 0.717) is 41.5 Å². The molecular weight excluding hydrogens is 1790 g/mol. The van der Waals surface area contributed by atoms with Crippen LogP contribution in [0.5, 0.6) is 0 Å². The van der Waals surface area contributed by atoms with Gasteiger partial charge in [-0.1, -0.05) is 11.6 Å². The van der Waals surface area contributed by atoms with Gasteiger partial charge in [-0.25, -0.2) is 61.5 Å². The molecule has 46 nitrogen and oxygen atoms in total. The predicted molar refractivity (Wildman–Crippen MR) is 472 cm³/mol. The minimum atomic E-state index is -1.09. The van der Waals surface area contributed by atoms with Gasteiger partial charge >= 0.3 is 30.2 Å². The molecule has 0 aliphatic heterocycles. The van der Waals surface area contributed by atoms with Crippen LogP contribution in [0.25, 0.3) is 22.6 Å². The zero-order valence-corrected chi connectivity index (χ0v) is 75.8. The zero-order chi connectivity index (χ0) is 97.6. The van der Waals surface area contributed by atoms with E-state index in [1.165, 1.54) is 168 Å². The fourth-order valence-electron chi connectivity index (χ4n) is 12.1. The first-order chi connectivity index (χ1) is 63.3. The van der Waals surface area contributed by atoms with Gasteiger partial charge in [0.25, 0.3) is 35.4 Å². The number of rotatable bonds is 22. The number of nitrogen functional groups attached to an aromatic ring is 1. The molecule has 4 saturated carbocycles. The number of ether oxygens (including phenoxy) is 5. The highest BCUT2D eigenvalue weighted by molar-refractivity contribution is 6.30. The summed E-state index contributed by atoms with van der Waals surface area (Å²) >= 11 is 6.06. The van der Waals surface area contributed by atoms with Gasteiger partial charge in [-0.15, -0.1) is 0 Å². The summed E-state index contributed by atoms with van der Waals surface area (Å²) in [4.78, 5) is 156. The molecule has 4 aliphatic carbocycles. The zero-order valence-electron chi connectivity index (χ0n) is 75.0. The van der Waals surface area contributed by atoms with Crippen LogP contribution in [0.15, 0.2) is 116 Å². The number of nitrogens with zero attached hydrogens (tertiary/aromatic N) is 15. The molecule has 4 fully saturated rings. The molecule has 12 aromatic rings. The lowest BCUT2D eigenvalue weighted by Gasteiger charge is -2.25. The molecule has 12 N–H and O–H groups in total. The number of furan rings is 4. The normalized spacial score (nSPS) is 17.1. The molecular formula is C83H95ClF4N26O20. The quantitative estimate of drug-likeness (QED) is 0.0130. The Labute approximate surface area is 762 Å². The van der Waals surface area contributed by atoms with Gasteiger partial charge in [-0.3, -0.25) is 43.5 Å². The average molecular weight is 1890 g/mol. The number of fused-ring (bicyclic) bond motifs is 4. The summed E-state index contributed by atoms with van der Waals surface area (Å²) in [6.07, 6.45) is 5.56. The molecule has 0 spiro atoms. The number of carbonyl (C=O) groups is 11. The smallest absolute Gasteiger partial charge is 0.415 e. The van der Waals surface area contributed by atoms with Crippen molar-refractivity contribution in [2.24, 2.45) is 0 Å². The second-order valence-corrected chi connectivity index (χ2v) is 33.4. The maximum Gasteiger partial charge on any atom is 0.415 e. The number of nitrogens with one attached hydrogen (secondary N) is 10. The number of methoxy groups -OCH3 is 2. The SMILES string of the molecule is CN(C(=O)OC(C)(C)C)c1cc(Cl)nc2c(C(=O)N[C@@H]3C[C@@H]3F)cnn12.CNC(=O)c1occc1Nc1cc(N(C)C(=O)OC(C)(C)C)n2ncc(C(=O)N[C@@H]3C[C@@H]3F)c2n1.CNC(=O)c1occc1Nc1cc(NC)n2ncc(C(=O)N[C@@H]3C[C@@H]3F)c2n1.COC(=O)c1occc1N.COC(=O)c1occc1Nc1cc(N(C)C(=O)OC(C)(C)C)n2ncc(C(=O)N[C@@H]3C[C@@H]3F)c2n1. The van der Waals surface area contributed by atoms with Gasteiger partial charge in [-0.2, -0.15) is 38.5 Å². The first kappa shape index (κ1) is 97.2. The van der Waals surface area contributed by atoms with Crippen LogP contribution in [-0.4, -0.2) is 246 Å². The van der Waals surface area contributed by atoms with Crippen molar-refractivity contribution in [1.82, 2.24) is 90.3 Å². The van der Waals surface area contributed by atoms with Crippen LogP contribution in [-0.2, 0) is 23.7 Å². The van der Waals surface area contributed by atoms with Gasteiger partial charge in [0.2, 0.25) is 23.0 Å². The molecule has 0 bridgehead atoms. The minimum absolute atomic E-state index is 0.0189. The van der Waals surface area contributed by atoms with Crippen LogP contribution in [0.4, 0.5) is 95.4 Å². The van der Waals surface area contributed by atoms with E-state index < -0.39 is 131 Å². The van der Waals surface area contributed by atoms with Crippen molar-refractivity contribution >= 4 is 163 Å². The summed E-state index contributed by atoms with van der Waals surface area (Å²) in [5.74, 6) is -2.06. The Bertz CT molecular complexity index is 6260. The molecule has 0 unspecified atom stereocenters. The lowest BCUT2D eigenvalue weighted by Crippen LogP contribution is -2.35. The van der Waals surface area contributed by atoms with E-state index in [1.807, 2.05) is 0 Å². The Hall–Kier alpha value is -15.8. The fourth-order valence-corrected chi connectivity index (χ4v) is 12.2. The molecule has 12 heterocycles. The lowest BCUT2D eigenvalue weighted by molar-refractivity contribution is 0.0558. The average Bonchev–Trinajstić information content (AvgIpc) is 1.61. The van der Waals surface area contributed by atoms with Gasteiger partial charge in [0, 0.05) is 117 Å². The number of hydrogen-bond donors (Lipinski definition) is 11. The summed E-state index contributed by atoms with van der Waals surface area (Å²) in [5, 5.41) is 44.1. The van der Waals surface area contributed by atoms with Crippen molar-refractivity contribution < 1.29 is 112 Å². The molecule has 0 aromatic carbocycles. The van der Waals surface area contributed by atoms with Crippen LogP contribution >= 0.6 is 11.6 Å². The number of amides is 9. The van der Waals surface area contributed by atoms with E-state index in [0.717, 1.165) is 0 Å². The molecule has 51 heteroatoms.